The zero-order valence-corrected chi connectivity index (χ0v) is 11.3. The third-order valence-electron chi connectivity index (χ3n) is 3.32. The summed E-state index contributed by atoms with van der Waals surface area (Å²) in [6.07, 6.45) is 5.44. The third kappa shape index (κ3) is 3.10. The normalized spacial score (nSPS) is 16.4. The van der Waals surface area contributed by atoms with E-state index in [1.165, 1.54) is 25.7 Å². The molecular weight excluding hydrogens is 232 g/mol. The molecule has 3 N–H and O–H groups in total. The summed E-state index contributed by atoms with van der Waals surface area (Å²) in [5.74, 6) is 7.99. The molecule has 1 aliphatic rings. The fourth-order valence-corrected chi connectivity index (χ4v) is 3.32. The van der Waals surface area contributed by atoms with Crippen LogP contribution in [0.2, 0.25) is 0 Å². The molecule has 17 heavy (non-hydrogen) atoms. The van der Waals surface area contributed by atoms with Crippen LogP contribution in [0.4, 0.5) is 5.82 Å². The van der Waals surface area contributed by atoms with E-state index in [-0.39, 0.29) is 0 Å². The summed E-state index contributed by atoms with van der Waals surface area (Å²) in [5.41, 5.74) is 4.68. The SMILES string of the molecule is Cc1nc(CSC2CCCC2)nc(NN)c1C. The molecule has 0 spiro atoms. The number of hydrogen-bond acceptors (Lipinski definition) is 5. The molecule has 4 nitrogen and oxygen atoms in total. The van der Waals surface area contributed by atoms with Gasteiger partial charge in [0, 0.05) is 16.5 Å². The maximum Gasteiger partial charge on any atom is 0.146 e. The summed E-state index contributed by atoms with van der Waals surface area (Å²) < 4.78 is 0. The number of hydrazine groups is 1. The molecule has 5 heteroatoms. The maximum atomic E-state index is 5.46. The van der Waals surface area contributed by atoms with E-state index in [1.807, 2.05) is 25.6 Å². The van der Waals surface area contributed by atoms with Crippen LogP contribution >= 0.6 is 11.8 Å². The second-order valence-corrected chi connectivity index (χ2v) is 5.85. The highest BCUT2D eigenvalue weighted by Gasteiger charge is 2.16. The summed E-state index contributed by atoms with van der Waals surface area (Å²) in [5, 5.41) is 0.800. The number of aryl methyl sites for hydroxylation is 1. The topological polar surface area (TPSA) is 63.8 Å². The molecule has 94 valence electrons. The molecule has 0 saturated heterocycles. The molecular formula is C12H20N4S. The van der Waals surface area contributed by atoms with E-state index in [1.54, 1.807) is 0 Å². The van der Waals surface area contributed by atoms with Gasteiger partial charge in [-0.1, -0.05) is 12.8 Å². The highest BCUT2D eigenvalue weighted by molar-refractivity contribution is 7.99. The Morgan fingerprint density at radius 2 is 2.00 bits per heavy atom. The van der Waals surface area contributed by atoms with Crippen LogP contribution in [-0.2, 0) is 5.75 Å². The van der Waals surface area contributed by atoms with Crippen LogP contribution in [0.1, 0.15) is 42.8 Å². The number of anilines is 1. The number of nitrogens with two attached hydrogens (primary N) is 1. The lowest BCUT2D eigenvalue weighted by Gasteiger charge is -2.11. The van der Waals surface area contributed by atoms with Crippen molar-refractivity contribution < 1.29 is 0 Å². The Balaban J connectivity index is 2.02. The van der Waals surface area contributed by atoms with Gasteiger partial charge in [-0.05, 0) is 26.7 Å². The first kappa shape index (κ1) is 12.6. The molecule has 0 amide bonds. The first-order chi connectivity index (χ1) is 8.20. The van der Waals surface area contributed by atoms with Crippen LogP contribution in [-0.4, -0.2) is 15.2 Å². The summed E-state index contributed by atoms with van der Waals surface area (Å²) in [6.45, 7) is 3.99. The molecule has 1 aromatic heterocycles. The molecule has 0 atom stereocenters. The maximum absolute atomic E-state index is 5.46. The first-order valence-electron chi connectivity index (χ1n) is 6.13. The molecule has 2 rings (SSSR count). The molecule has 0 aliphatic heterocycles. The number of hydrogen-bond donors (Lipinski definition) is 2. The number of nitrogen functional groups attached to an aromatic ring is 1. The Morgan fingerprint density at radius 1 is 1.29 bits per heavy atom. The fourth-order valence-electron chi connectivity index (χ4n) is 2.14. The van der Waals surface area contributed by atoms with E-state index in [9.17, 15) is 0 Å². The second-order valence-electron chi connectivity index (χ2n) is 4.56. The number of nitrogens with one attached hydrogen (secondary N) is 1. The van der Waals surface area contributed by atoms with Gasteiger partial charge in [-0.15, -0.1) is 0 Å². The Kier molecular flexibility index (Phi) is 4.23. The van der Waals surface area contributed by atoms with E-state index in [2.05, 4.69) is 15.4 Å². The molecule has 0 radical (unpaired) electrons. The summed E-state index contributed by atoms with van der Waals surface area (Å²) in [7, 11) is 0. The van der Waals surface area contributed by atoms with Crippen molar-refractivity contribution in [2.24, 2.45) is 5.84 Å². The molecule has 1 fully saturated rings. The van der Waals surface area contributed by atoms with Crippen molar-refractivity contribution in [3.8, 4) is 0 Å². The zero-order chi connectivity index (χ0) is 12.3. The van der Waals surface area contributed by atoms with Crippen LogP contribution in [0.3, 0.4) is 0 Å². The average Bonchev–Trinajstić information content (AvgIpc) is 2.83. The quantitative estimate of drug-likeness (QED) is 0.637. The van der Waals surface area contributed by atoms with E-state index >= 15 is 0 Å². The van der Waals surface area contributed by atoms with Crippen molar-refractivity contribution in [3.63, 3.8) is 0 Å². The number of rotatable bonds is 4. The van der Waals surface area contributed by atoms with Gasteiger partial charge in [0.05, 0.1) is 5.75 Å². The fraction of sp³-hybridized carbons (Fsp3) is 0.667. The Labute approximate surface area is 107 Å². The average molecular weight is 252 g/mol. The van der Waals surface area contributed by atoms with Crippen molar-refractivity contribution in [1.82, 2.24) is 9.97 Å². The second kappa shape index (κ2) is 5.69. The monoisotopic (exact) mass is 252 g/mol. The van der Waals surface area contributed by atoms with Gasteiger partial charge in [0.15, 0.2) is 0 Å². The minimum absolute atomic E-state index is 0.750. The summed E-state index contributed by atoms with van der Waals surface area (Å²) in [6, 6.07) is 0. The molecule has 0 bridgehead atoms. The molecule has 1 aromatic rings. The largest absolute Gasteiger partial charge is 0.308 e. The van der Waals surface area contributed by atoms with Crippen LogP contribution in [0.15, 0.2) is 0 Å². The number of thioether (sulfide) groups is 1. The predicted molar refractivity (Wildman–Crippen MR) is 72.9 cm³/mol. The van der Waals surface area contributed by atoms with E-state index in [0.717, 1.165) is 33.9 Å². The van der Waals surface area contributed by atoms with Crippen molar-refractivity contribution >= 4 is 17.6 Å². The van der Waals surface area contributed by atoms with Crippen molar-refractivity contribution in [1.29, 1.82) is 0 Å². The van der Waals surface area contributed by atoms with Gasteiger partial charge in [0.25, 0.3) is 0 Å². The lowest BCUT2D eigenvalue weighted by atomic mass is 10.2. The van der Waals surface area contributed by atoms with Crippen molar-refractivity contribution in [3.05, 3.63) is 17.1 Å². The van der Waals surface area contributed by atoms with Crippen molar-refractivity contribution in [2.75, 3.05) is 5.43 Å². The molecule has 1 aliphatic carbocycles. The highest BCUT2D eigenvalue weighted by atomic mass is 32.2. The smallest absolute Gasteiger partial charge is 0.146 e. The number of nitrogens with zero attached hydrogens (tertiary/aromatic N) is 2. The van der Waals surface area contributed by atoms with Gasteiger partial charge in [0.1, 0.15) is 11.6 Å². The molecule has 1 saturated carbocycles. The molecule has 0 aromatic carbocycles. The van der Waals surface area contributed by atoms with Gasteiger partial charge < -0.3 is 5.43 Å². The summed E-state index contributed by atoms with van der Waals surface area (Å²) in [4.78, 5) is 8.96. The van der Waals surface area contributed by atoms with Crippen molar-refractivity contribution in [2.45, 2.75) is 50.5 Å². The number of aromatic nitrogens is 2. The highest BCUT2D eigenvalue weighted by Crippen LogP contribution is 2.31. The van der Waals surface area contributed by atoms with Gasteiger partial charge in [-0.25, -0.2) is 15.8 Å². The third-order valence-corrected chi connectivity index (χ3v) is 4.69. The van der Waals surface area contributed by atoms with Gasteiger partial charge in [0.2, 0.25) is 0 Å². The Bertz CT molecular complexity index is 388. The zero-order valence-electron chi connectivity index (χ0n) is 10.5. The molecule has 1 heterocycles. The minimum atomic E-state index is 0.750. The van der Waals surface area contributed by atoms with E-state index in [0.29, 0.717) is 0 Å². The van der Waals surface area contributed by atoms with E-state index in [4.69, 9.17) is 5.84 Å². The van der Waals surface area contributed by atoms with Gasteiger partial charge in [-0.2, -0.15) is 11.8 Å². The lowest BCUT2D eigenvalue weighted by molar-refractivity contribution is 0.886. The van der Waals surface area contributed by atoms with Gasteiger partial charge in [-0.3, -0.25) is 0 Å². The molecule has 0 unspecified atom stereocenters. The Hall–Kier alpha value is -0.810. The van der Waals surface area contributed by atoms with Gasteiger partial charge >= 0.3 is 0 Å². The van der Waals surface area contributed by atoms with E-state index < -0.39 is 0 Å². The van der Waals surface area contributed by atoms with Crippen LogP contribution < -0.4 is 11.3 Å². The predicted octanol–water partition coefficient (Wildman–Crippen LogP) is 2.55. The Morgan fingerprint density at radius 3 is 2.65 bits per heavy atom. The van der Waals surface area contributed by atoms with Crippen LogP contribution in [0.25, 0.3) is 0 Å². The first-order valence-corrected chi connectivity index (χ1v) is 7.18. The lowest BCUT2D eigenvalue weighted by Crippen LogP contribution is -2.13. The van der Waals surface area contributed by atoms with Crippen LogP contribution in [0, 0.1) is 13.8 Å². The minimum Gasteiger partial charge on any atom is -0.308 e. The van der Waals surface area contributed by atoms with Crippen LogP contribution in [0.5, 0.6) is 0 Å². The summed E-state index contributed by atoms with van der Waals surface area (Å²) >= 11 is 1.98. The standard InChI is InChI=1S/C12H20N4S/c1-8-9(2)14-11(15-12(8)16-13)7-17-10-5-3-4-6-10/h10H,3-7,13H2,1-2H3,(H,14,15,16).